The molecule has 0 fully saturated rings. The van der Waals surface area contributed by atoms with Crippen molar-refractivity contribution in [3.8, 4) is 0 Å². The maximum absolute atomic E-state index is 12.2. The smallest absolute Gasteiger partial charge is 0.392 e. The Morgan fingerprint density at radius 3 is 2.56 bits per heavy atom. The van der Waals surface area contributed by atoms with E-state index < -0.39 is 17.5 Å². The standard InChI is InChI=1S/C11H10ClF3O2S/c1-6(17)10(12)9-3-2-8(4-7(9)5-16)18-11(13,14)15/h2-4,10,16H,5H2,1H3. The topological polar surface area (TPSA) is 37.3 Å². The number of aliphatic hydroxyl groups is 1. The van der Waals surface area contributed by atoms with Crippen molar-refractivity contribution in [3.05, 3.63) is 29.3 Å². The molecule has 18 heavy (non-hydrogen) atoms. The van der Waals surface area contributed by atoms with Crippen molar-refractivity contribution in [3.63, 3.8) is 0 Å². The average Bonchev–Trinajstić information content (AvgIpc) is 2.25. The lowest BCUT2D eigenvalue weighted by Gasteiger charge is -2.13. The zero-order valence-electron chi connectivity index (χ0n) is 9.29. The van der Waals surface area contributed by atoms with Crippen LogP contribution in [0.3, 0.4) is 0 Å². The summed E-state index contributed by atoms with van der Waals surface area (Å²) in [6.45, 7) is 0.801. The number of alkyl halides is 4. The second kappa shape index (κ2) is 5.95. The summed E-state index contributed by atoms with van der Waals surface area (Å²) in [5.74, 6) is -0.331. The van der Waals surface area contributed by atoms with Gasteiger partial charge in [-0.1, -0.05) is 6.07 Å². The van der Waals surface area contributed by atoms with Crippen LogP contribution >= 0.6 is 23.4 Å². The van der Waals surface area contributed by atoms with Gasteiger partial charge in [0.2, 0.25) is 0 Å². The van der Waals surface area contributed by atoms with E-state index in [1.807, 2.05) is 0 Å². The summed E-state index contributed by atoms with van der Waals surface area (Å²) in [7, 11) is 0. The molecule has 0 aliphatic rings. The zero-order valence-corrected chi connectivity index (χ0v) is 10.9. The van der Waals surface area contributed by atoms with E-state index in [-0.39, 0.29) is 28.0 Å². The van der Waals surface area contributed by atoms with Gasteiger partial charge >= 0.3 is 5.51 Å². The molecule has 1 rings (SSSR count). The van der Waals surface area contributed by atoms with Crippen LogP contribution in [0.15, 0.2) is 23.1 Å². The number of carbonyl (C=O) groups excluding carboxylic acids is 1. The summed E-state index contributed by atoms with van der Waals surface area (Å²) < 4.78 is 36.6. The van der Waals surface area contributed by atoms with Gasteiger partial charge in [0.25, 0.3) is 0 Å². The average molecular weight is 299 g/mol. The Balaban J connectivity index is 3.07. The van der Waals surface area contributed by atoms with E-state index in [0.717, 1.165) is 0 Å². The normalized spacial score (nSPS) is 13.4. The fraction of sp³-hybridized carbons (Fsp3) is 0.364. The minimum Gasteiger partial charge on any atom is -0.392 e. The monoisotopic (exact) mass is 298 g/mol. The first-order valence-electron chi connectivity index (χ1n) is 4.88. The van der Waals surface area contributed by atoms with Gasteiger partial charge in [-0.25, -0.2) is 0 Å². The molecule has 1 unspecified atom stereocenters. The molecule has 0 aliphatic carbocycles. The Hall–Kier alpha value is -0.720. The van der Waals surface area contributed by atoms with E-state index in [1.165, 1.54) is 25.1 Å². The first kappa shape index (κ1) is 15.3. The van der Waals surface area contributed by atoms with Crippen LogP contribution < -0.4 is 0 Å². The lowest BCUT2D eigenvalue weighted by molar-refractivity contribution is -0.116. The molecule has 0 amide bonds. The van der Waals surface area contributed by atoms with E-state index >= 15 is 0 Å². The van der Waals surface area contributed by atoms with E-state index in [4.69, 9.17) is 16.7 Å². The van der Waals surface area contributed by atoms with Crippen molar-refractivity contribution in [2.75, 3.05) is 0 Å². The number of benzene rings is 1. The van der Waals surface area contributed by atoms with Gasteiger partial charge < -0.3 is 5.11 Å². The largest absolute Gasteiger partial charge is 0.446 e. The van der Waals surface area contributed by atoms with Gasteiger partial charge in [0, 0.05) is 4.90 Å². The number of carbonyl (C=O) groups is 1. The molecule has 0 aromatic heterocycles. The highest BCUT2D eigenvalue weighted by molar-refractivity contribution is 8.00. The predicted molar refractivity (Wildman–Crippen MR) is 63.6 cm³/mol. The molecule has 0 saturated carbocycles. The number of hydrogen-bond donors (Lipinski definition) is 1. The molecule has 7 heteroatoms. The Labute approximate surface area is 111 Å². The van der Waals surface area contributed by atoms with Crippen LogP contribution in [0.2, 0.25) is 0 Å². The van der Waals surface area contributed by atoms with Crippen LogP contribution in [0.5, 0.6) is 0 Å². The highest BCUT2D eigenvalue weighted by Gasteiger charge is 2.29. The SMILES string of the molecule is CC(=O)C(Cl)c1ccc(SC(F)(F)F)cc1CO. The van der Waals surface area contributed by atoms with Gasteiger partial charge in [-0.3, -0.25) is 4.79 Å². The van der Waals surface area contributed by atoms with Crippen molar-refractivity contribution in [1.82, 2.24) is 0 Å². The van der Waals surface area contributed by atoms with Crippen LogP contribution in [0.25, 0.3) is 0 Å². The van der Waals surface area contributed by atoms with Crippen LogP contribution in [-0.2, 0) is 11.4 Å². The van der Waals surface area contributed by atoms with Crippen LogP contribution in [-0.4, -0.2) is 16.4 Å². The van der Waals surface area contributed by atoms with Crippen molar-refractivity contribution < 1.29 is 23.1 Å². The lowest BCUT2D eigenvalue weighted by atomic mass is 10.0. The lowest BCUT2D eigenvalue weighted by Crippen LogP contribution is -2.06. The van der Waals surface area contributed by atoms with E-state index in [1.54, 1.807) is 0 Å². The molecule has 0 heterocycles. The Bertz CT molecular complexity index is 448. The molecule has 1 N–H and O–H groups in total. The minimum absolute atomic E-state index is 0.0530. The second-order valence-corrected chi connectivity index (χ2v) is 5.11. The third-order valence-corrected chi connectivity index (χ3v) is 3.41. The summed E-state index contributed by atoms with van der Waals surface area (Å²) in [5, 5.41) is 8.15. The van der Waals surface area contributed by atoms with Crippen molar-refractivity contribution in [2.45, 2.75) is 29.3 Å². The number of halogens is 4. The van der Waals surface area contributed by atoms with Crippen molar-refractivity contribution in [1.29, 1.82) is 0 Å². The molecule has 1 atom stereocenters. The van der Waals surface area contributed by atoms with Crippen LogP contribution in [0.4, 0.5) is 13.2 Å². The zero-order chi connectivity index (χ0) is 13.9. The summed E-state index contributed by atoms with van der Waals surface area (Å²) in [4.78, 5) is 11.1. The highest BCUT2D eigenvalue weighted by atomic mass is 35.5. The van der Waals surface area contributed by atoms with E-state index in [9.17, 15) is 18.0 Å². The molecule has 1 aromatic rings. The molecule has 0 spiro atoms. The van der Waals surface area contributed by atoms with Gasteiger partial charge in [0.05, 0.1) is 6.61 Å². The quantitative estimate of drug-likeness (QED) is 0.681. The molecule has 1 aromatic carbocycles. The van der Waals surface area contributed by atoms with Gasteiger partial charge in [0.15, 0.2) is 5.78 Å². The Morgan fingerprint density at radius 2 is 2.11 bits per heavy atom. The van der Waals surface area contributed by atoms with Crippen molar-refractivity contribution in [2.24, 2.45) is 0 Å². The van der Waals surface area contributed by atoms with Gasteiger partial charge in [-0.05, 0) is 41.9 Å². The Kier molecular flexibility index (Phi) is 5.07. The third-order valence-electron chi connectivity index (χ3n) is 2.15. The summed E-state index contributed by atoms with van der Waals surface area (Å²) in [5.41, 5.74) is -3.84. The molecule has 0 saturated heterocycles. The highest BCUT2D eigenvalue weighted by Crippen LogP contribution is 2.38. The molecule has 2 nitrogen and oxygen atoms in total. The molecule has 100 valence electrons. The summed E-state index contributed by atoms with van der Waals surface area (Å²) in [6, 6.07) is 3.75. The van der Waals surface area contributed by atoms with Crippen LogP contribution in [0.1, 0.15) is 23.4 Å². The van der Waals surface area contributed by atoms with Crippen LogP contribution in [0, 0.1) is 0 Å². The minimum atomic E-state index is -4.39. The number of aliphatic hydroxyl groups excluding tert-OH is 1. The van der Waals surface area contributed by atoms with Gasteiger partial charge in [-0.15, -0.1) is 11.6 Å². The molecular formula is C11H10ClF3O2S. The number of Topliss-reactive ketones (excluding diaryl/α,β-unsaturated/α-hetero) is 1. The fourth-order valence-corrected chi connectivity index (χ4v) is 2.20. The van der Waals surface area contributed by atoms with E-state index in [0.29, 0.717) is 5.56 Å². The number of ketones is 1. The molecule has 0 bridgehead atoms. The van der Waals surface area contributed by atoms with Gasteiger partial charge in [-0.2, -0.15) is 13.2 Å². The fourth-order valence-electron chi connectivity index (χ4n) is 1.38. The predicted octanol–water partition coefficient (Wildman–Crippen LogP) is 3.66. The number of hydrogen-bond acceptors (Lipinski definition) is 3. The molecular weight excluding hydrogens is 289 g/mol. The maximum Gasteiger partial charge on any atom is 0.446 e. The maximum atomic E-state index is 12.2. The number of thioether (sulfide) groups is 1. The molecule has 0 aliphatic heterocycles. The van der Waals surface area contributed by atoms with Crippen molar-refractivity contribution >= 4 is 29.1 Å². The summed E-state index contributed by atoms with van der Waals surface area (Å²) in [6.07, 6.45) is 0. The first-order chi connectivity index (χ1) is 8.24. The summed E-state index contributed by atoms with van der Waals surface area (Å²) >= 11 is 5.54. The molecule has 0 radical (unpaired) electrons. The van der Waals surface area contributed by atoms with Gasteiger partial charge in [0.1, 0.15) is 5.38 Å². The third kappa shape index (κ3) is 4.19. The second-order valence-electron chi connectivity index (χ2n) is 3.54. The van der Waals surface area contributed by atoms with E-state index in [2.05, 4.69) is 0 Å². The number of rotatable bonds is 4. The Morgan fingerprint density at radius 1 is 1.50 bits per heavy atom. The first-order valence-corrected chi connectivity index (χ1v) is 6.14.